The highest BCUT2D eigenvalue weighted by molar-refractivity contribution is 4.99. The van der Waals surface area contributed by atoms with Crippen molar-refractivity contribution in [3.63, 3.8) is 0 Å². The summed E-state index contributed by atoms with van der Waals surface area (Å²) in [6.45, 7) is 17.6. The second kappa shape index (κ2) is 5.71. The van der Waals surface area contributed by atoms with E-state index in [2.05, 4.69) is 51.8 Å². The fourth-order valence-electron chi connectivity index (χ4n) is 3.10. The van der Waals surface area contributed by atoms with Crippen molar-refractivity contribution in [3.8, 4) is 0 Å². The molecule has 0 aliphatic carbocycles. The van der Waals surface area contributed by atoms with E-state index in [1.54, 1.807) is 0 Å². The van der Waals surface area contributed by atoms with Crippen molar-refractivity contribution < 1.29 is 0 Å². The fraction of sp³-hybridized carbons (Fsp3) is 1.00. The molecule has 0 aromatic carbocycles. The van der Waals surface area contributed by atoms with Crippen LogP contribution in [0.4, 0.5) is 0 Å². The van der Waals surface area contributed by atoms with Crippen molar-refractivity contribution in [1.82, 2.24) is 10.2 Å². The lowest BCUT2D eigenvalue weighted by atomic mass is 9.80. The lowest BCUT2D eigenvalue weighted by Gasteiger charge is -2.51. The molecule has 1 rings (SSSR count). The van der Waals surface area contributed by atoms with E-state index in [0.717, 1.165) is 6.54 Å². The van der Waals surface area contributed by atoms with Gasteiger partial charge < -0.3 is 5.32 Å². The first-order valence-corrected chi connectivity index (χ1v) is 7.37. The van der Waals surface area contributed by atoms with Crippen LogP contribution in [0, 0.1) is 5.41 Å². The van der Waals surface area contributed by atoms with Gasteiger partial charge >= 0.3 is 0 Å². The second-order valence-corrected chi connectivity index (χ2v) is 6.72. The van der Waals surface area contributed by atoms with Gasteiger partial charge in [0.15, 0.2) is 0 Å². The Balaban J connectivity index is 2.80. The van der Waals surface area contributed by atoms with Gasteiger partial charge in [-0.1, -0.05) is 41.5 Å². The van der Waals surface area contributed by atoms with E-state index >= 15 is 0 Å². The Hall–Kier alpha value is -0.0800. The Kier molecular flexibility index (Phi) is 5.03. The predicted molar refractivity (Wildman–Crippen MR) is 76.4 cm³/mol. The third-order valence-corrected chi connectivity index (χ3v) is 4.48. The smallest absolute Gasteiger partial charge is 0.0304 e. The van der Waals surface area contributed by atoms with E-state index in [1.165, 1.54) is 32.4 Å². The Morgan fingerprint density at radius 3 is 2.18 bits per heavy atom. The zero-order chi connectivity index (χ0) is 13.1. The van der Waals surface area contributed by atoms with Crippen LogP contribution in [-0.4, -0.2) is 36.1 Å². The van der Waals surface area contributed by atoms with Crippen LogP contribution in [0.5, 0.6) is 0 Å². The summed E-state index contributed by atoms with van der Waals surface area (Å²) >= 11 is 0. The highest BCUT2D eigenvalue weighted by Gasteiger charge is 2.40. The molecular formula is C15H32N2. The third-order valence-electron chi connectivity index (χ3n) is 4.48. The Labute approximate surface area is 108 Å². The van der Waals surface area contributed by atoms with Gasteiger partial charge in [-0.25, -0.2) is 0 Å². The molecule has 1 fully saturated rings. The largest absolute Gasteiger partial charge is 0.308 e. The molecule has 1 aliphatic rings. The summed E-state index contributed by atoms with van der Waals surface area (Å²) in [5.74, 6) is 0. The van der Waals surface area contributed by atoms with Crippen LogP contribution in [0.3, 0.4) is 0 Å². The number of nitrogens with zero attached hydrogens (tertiary/aromatic N) is 1. The van der Waals surface area contributed by atoms with Gasteiger partial charge in [-0.05, 0) is 31.2 Å². The average Bonchev–Trinajstić information content (AvgIpc) is 2.28. The van der Waals surface area contributed by atoms with Crippen molar-refractivity contribution in [2.75, 3.05) is 19.6 Å². The van der Waals surface area contributed by atoms with Gasteiger partial charge in [0.05, 0.1) is 0 Å². The highest BCUT2D eigenvalue weighted by atomic mass is 15.3. The topological polar surface area (TPSA) is 15.3 Å². The van der Waals surface area contributed by atoms with E-state index in [0.29, 0.717) is 17.0 Å². The molecule has 1 heterocycles. The van der Waals surface area contributed by atoms with Gasteiger partial charge in [-0.2, -0.15) is 0 Å². The van der Waals surface area contributed by atoms with Crippen LogP contribution in [0.1, 0.15) is 60.8 Å². The molecule has 2 nitrogen and oxygen atoms in total. The molecule has 17 heavy (non-hydrogen) atoms. The van der Waals surface area contributed by atoms with Gasteiger partial charge in [0.25, 0.3) is 0 Å². The summed E-state index contributed by atoms with van der Waals surface area (Å²) in [6.07, 6.45) is 3.73. The highest BCUT2D eigenvalue weighted by Crippen LogP contribution is 2.31. The maximum atomic E-state index is 3.84. The van der Waals surface area contributed by atoms with E-state index < -0.39 is 0 Å². The molecule has 102 valence electrons. The minimum Gasteiger partial charge on any atom is -0.308 e. The Bertz CT molecular complexity index is 226. The van der Waals surface area contributed by atoms with Gasteiger partial charge in [0.2, 0.25) is 0 Å². The van der Waals surface area contributed by atoms with E-state index in [-0.39, 0.29) is 0 Å². The van der Waals surface area contributed by atoms with Crippen LogP contribution < -0.4 is 5.32 Å². The van der Waals surface area contributed by atoms with Crippen molar-refractivity contribution in [2.45, 2.75) is 72.4 Å². The quantitative estimate of drug-likeness (QED) is 0.811. The molecule has 1 saturated heterocycles. The summed E-state index contributed by atoms with van der Waals surface area (Å²) in [7, 11) is 0. The maximum absolute atomic E-state index is 3.84. The van der Waals surface area contributed by atoms with Crippen molar-refractivity contribution in [1.29, 1.82) is 0 Å². The standard InChI is InChI=1S/C15H32N2/c1-7-10-17-12-15(8-2,9-3)16-11-13(17)14(4,5)6/h13,16H,7-12H2,1-6H3. The molecule has 0 spiro atoms. The lowest BCUT2D eigenvalue weighted by Crippen LogP contribution is -2.66. The normalized spacial score (nSPS) is 26.1. The summed E-state index contributed by atoms with van der Waals surface area (Å²) in [4.78, 5) is 2.73. The molecule has 0 bridgehead atoms. The van der Waals surface area contributed by atoms with Crippen molar-refractivity contribution in [3.05, 3.63) is 0 Å². The van der Waals surface area contributed by atoms with Crippen LogP contribution in [0.2, 0.25) is 0 Å². The zero-order valence-corrected chi connectivity index (χ0v) is 12.8. The Morgan fingerprint density at radius 2 is 1.76 bits per heavy atom. The molecule has 1 N–H and O–H groups in total. The summed E-state index contributed by atoms with van der Waals surface area (Å²) < 4.78 is 0. The molecule has 0 saturated carbocycles. The molecule has 1 unspecified atom stereocenters. The first kappa shape index (κ1) is 15.0. The summed E-state index contributed by atoms with van der Waals surface area (Å²) in [5, 5.41) is 3.84. The van der Waals surface area contributed by atoms with Gasteiger partial charge in [0.1, 0.15) is 0 Å². The molecule has 1 aliphatic heterocycles. The first-order valence-electron chi connectivity index (χ1n) is 7.37. The van der Waals surface area contributed by atoms with Crippen LogP contribution in [0.25, 0.3) is 0 Å². The predicted octanol–water partition coefficient (Wildman–Crippen LogP) is 3.28. The molecule has 2 heteroatoms. The lowest BCUT2D eigenvalue weighted by molar-refractivity contribution is 0.0190. The van der Waals surface area contributed by atoms with Gasteiger partial charge in [-0.15, -0.1) is 0 Å². The number of rotatable bonds is 4. The number of hydrogen-bond acceptors (Lipinski definition) is 2. The van der Waals surface area contributed by atoms with Crippen molar-refractivity contribution in [2.24, 2.45) is 5.41 Å². The van der Waals surface area contributed by atoms with Gasteiger partial charge in [-0.3, -0.25) is 4.90 Å². The fourth-order valence-corrected chi connectivity index (χ4v) is 3.10. The zero-order valence-electron chi connectivity index (χ0n) is 12.8. The minimum absolute atomic E-state index is 0.358. The SMILES string of the molecule is CCCN1CC(CC)(CC)NCC1C(C)(C)C. The minimum atomic E-state index is 0.358. The third kappa shape index (κ3) is 3.45. The summed E-state index contributed by atoms with van der Waals surface area (Å²) in [5.41, 5.74) is 0.729. The monoisotopic (exact) mass is 240 g/mol. The first-order chi connectivity index (χ1) is 7.88. The molecule has 1 atom stereocenters. The molecule has 0 aromatic rings. The average molecular weight is 240 g/mol. The summed E-state index contributed by atoms with van der Waals surface area (Å²) in [6, 6.07) is 0.675. The number of nitrogens with one attached hydrogen (secondary N) is 1. The molecule has 0 radical (unpaired) electrons. The van der Waals surface area contributed by atoms with Crippen molar-refractivity contribution >= 4 is 0 Å². The van der Waals surface area contributed by atoms with Crippen LogP contribution in [0.15, 0.2) is 0 Å². The maximum Gasteiger partial charge on any atom is 0.0304 e. The Morgan fingerprint density at radius 1 is 1.18 bits per heavy atom. The second-order valence-electron chi connectivity index (χ2n) is 6.72. The van der Waals surface area contributed by atoms with Crippen LogP contribution >= 0.6 is 0 Å². The molecule has 0 amide bonds. The van der Waals surface area contributed by atoms with Crippen LogP contribution in [-0.2, 0) is 0 Å². The number of piperazine rings is 1. The van der Waals surface area contributed by atoms with E-state index in [1.807, 2.05) is 0 Å². The van der Waals surface area contributed by atoms with E-state index in [4.69, 9.17) is 0 Å². The molecule has 0 aromatic heterocycles. The number of hydrogen-bond donors (Lipinski definition) is 1. The van der Waals surface area contributed by atoms with Gasteiger partial charge in [0, 0.05) is 24.7 Å². The van der Waals surface area contributed by atoms with E-state index in [9.17, 15) is 0 Å². The molecular weight excluding hydrogens is 208 g/mol.